The summed E-state index contributed by atoms with van der Waals surface area (Å²) >= 11 is 0. The number of ether oxygens (including phenoxy) is 1. The molecule has 0 saturated heterocycles. The molecule has 21 heavy (non-hydrogen) atoms. The number of benzene rings is 1. The fourth-order valence-electron chi connectivity index (χ4n) is 2.49. The largest absolute Gasteiger partial charge is 0.496 e. The summed E-state index contributed by atoms with van der Waals surface area (Å²) in [5, 5.41) is 9.62. The van der Waals surface area contributed by atoms with Gasteiger partial charge in [-0.25, -0.2) is 0 Å². The van der Waals surface area contributed by atoms with Crippen molar-refractivity contribution in [2.24, 2.45) is 0 Å². The normalized spacial score (nSPS) is 13.8. The van der Waals surface area contributed by atoms with Gasteiger partial charge in [-0.1, -0.05) is 25.1 Å². The molecule has 0 unspecified atom stereocenters. The van der Waals surface area contributed by atoms with Crippen LogP contribution in [0.5, 0.6) is 5.75 Å². The van der Waals surface area contributed by atoms with Gasteiger partial charge < -0.3 is 14.7 Å². The molecule has 0 amide bonds. The van der Waals surface area contributed by atoms with Gasteiger partial charge in [-0.2, -0.15) is 0 Å². The second kappa shape index (κ2) is 7.78. The molecule has 0 bridgehead atoms. The lowest BCUT2D eigenvalue weighted by Crippen LogP contribution is -2.49. The van der Waals surface area contributed by atoms with E-state index in [0.717, 1.165) is 24.4 Å². The van der Waals surface area contributed by atoms with Gasteiger partial charge in [0.25, 0.3) is 0 Å². The number of hydrogen-bond acceptors (Lipinski definition) is 4. The molecule has 0 fully saturated rings. The summed E-state index contributed by atoms with van der Waals surface area (Å²) in [4.78, 5) is 4.45. The van der Waals surface area contributed by atoms with Gasteiger partial charge in [-0.3, -0.25) is 4.90 Å². The van der Waals surface area contributed by atoms with Crippen molar-refractivity contribution in [3.63, 3.8) is 0 Å². The summed E-state index contributed by atoms with van der Waals surface area (Å²) < 4.78 is 5.50. The summed E-state index contributed by atoms with van der Waals surface area (Å²) in [6.07, 6.45) is 0. The highest BCUT2D eigenvalue weighted by atomic mass is 16.5. The third-order valence-electron chi connectivity index (χ3n) is 4.54. The molecule has 4 nitrogen and oxygen atoms in total. The average Bonchev–Trinajstić information content (AvgIpc) is 2.51. The van der Waals surface area contributed by atoms with Crippen LogP contribution in [0, 0.1) is 0 Å². The van der Waals surface area contributed by atoms with Crippen molar-refractivity contribution in [2.45, 2.75) is 32.4 Å². The first-order valence-corrected chi connectivity index (χ1v) is 7.54. The Morgan fingerprint density at radius 2 is 1.86 bits per heavy atom. The van der Waals surface area contributed by atoms with Gasteiger partial charge in [0.2, 0.25) is 0 Å². The highest BCUT2D eigenvalue weighted by Gasteiger charge is 2.30. The van der Waals surface area contributed by atoms with Gasteiger partial charge in [0.05, 0.1) is 13.7 Å². The monoisotopic (exact) mass is 294 g/mol. The molecule has 1 rings (SSSR count). The highest BCUT2D eigenvalue weighted by Crippen LogP contribution is 2.33. The Morgan fingerprint density at radius 3 is 2.38 bits per heavy atom. The Balaban J connectivity index is 2.95. The number of methoxy groups -OCH3 is 1. The van der Waals surface area contributed by atoms with E-state index < -0.39 is 0 Å². The SMILES string of the molecule is CCN(C)[C@@H](CO)CN(C)C(C)(C)c1ccccc1OC. The number of likely N-dealkylation sites (N-methyl/N-ethyl adjacent to an activating group) is 2. The summed E-state index contributed by atoms with van der Waals surface area (Å²) in [7, 11) is 5.85. The Labute approximate surface area is 129 Å². The molecule has 0 aliphatic rings. The molecular formula is C17H30N2O2. The minimum Gasteiger partial charge on any atom is -0.496 e. The topological polar surface area (TPSA) is 35.9 Å². The summed E-state index contributed by atoms with van der Waals surface area (Å²) in [6, 6.07) is 8.25. The summed E-state index contributed by atoms with van der Waals surface area (Å²) in [5.74, 6) is 0.902. The van der Waals surface area contributed by atoms with E-state index in [1.165, 1.54) is 0 Å². The molecule has 120 valence electrons. The number of nitrogens with zero attached hydrogens (tertiary/aromatic N) is 2. The van der Waals surface area contributed by atoms with E-state index >= 15 is 0 Å². The molecule has 0 aromatic heterocycles. The maximum atomic E-state index is 9.62. The second-order valence-corrected chi connectivity index (χ2v) is 6.05. The van der Waals surface area contributed by atoms with Crippen LogP contribution in [0.15, 0.2) is 24.3 Å². The van der Waals surface area contributed by atoms with E-state index in [0.29, 0.717) is 0 Å². The van der Waals surface area contributed by atoms with E-state index in [1.807, 2.05) is 25.2 Å². The van der Waals surface area contributed by atoms with Crippen LogP contribution < -0.4 is 4.74 Å². The van der Waals surface area contributed by atoms with Crippen molar-refractivity contribution in [3.8, 4) is 5.75 Å². The maximum absolute atomic E-state index is 9.62. The second-order valence-electron chi connectivity index (χ2n) is 6.05. The molecule has 4 heteroatoms. The van der Waals surface area contributed by atoms with Gasteiger partial charge >= 0.3 is 0 Å². The first-order valence-electron chi connectivity index (χ1n) is 7.54. The van der Waals surface area contributed by atoms with Crippen LogP contribution in [0.25, 0.3) is 0 Å². The molecule has 0 radical (unpaired) electrons. The van der Waals surface area contributed by atoms with Gasteiger partial charge in [0, 0.05) is 23.7 Å². The van der Waals surface area contributed by atoms with Crippen molar-refractivity contribution in [2.75, 3.05) is 40.9 Å². The highest BCUT2D eigenvalue weighted by molar-refractivity contribution is 5.38. The summed E-state index contributed by atoms with van der Waals surface area (Å²) in [5.41, 5.74) is 0.986. The molecule has 0 saturated carbocycles. The zero-order valence-electron chi connectivity index (χ0n) is 14.3. The maximum Gasteiger partial charge on any atom is 0.123 e. The van der Waals surface area contributed by atoms with Crippen LogP contribution in [0.4, 0.5) is 0 Å². The standard InChI is InChI=1S/C17H30N2O2/c1-7-18(4)14(13-20)12-19(5)17(2,3)15-10-8-9-11-16(15)21-6/h8-11,14,20H,7,12-13H2,1-6H3/t14-/m1/s1. The van der Waals surface area contributed by atoms with Crippen LogP contribution >= 0.6 is 0 Å². The molecule has 1 atom stereocenters. The lowest BCUT2D eigenvalue weighted by molar-refractivity contribution is 0.0719. The van der Waals surface area contributed by atoms with Gasteiger partial charge in [0.15, 0.2) is 0 Å². The quantitative estimate of drug-likeness (QED) is 0.797. The zero-order chi connectivity index (χ0) is 16.0. The fraction of sp³-hybridized carbons (Fsp3) is 0.647. The van der Waals surface area contributed by atoms with E-state index in [9.17, 15) is 5.11 Å². The van der Waals surface area contributed by atoms with E-state index in [2.05, 4.69) is 43.7 Å². The molecule has 0 heterocycles. The van der Waals surface area contributed by atoms with Crippen LogP contribution in [0.2, 0.25) is 0 Å². The van der Waals surface area contributed by atoms with Crippen molar-refractivity contribution >= 4 is 0 Å². The molecule has 1 aromatic carbocycles. The number of rotatable bonds is 8. The van der Waals surface area contributed by atoms with Gasteiger partial charge in [0.1, 0.15) is 5.75 Å². The first-order chi connectivity index (χ1) is 9.88. The van der Waals surface area contributed by atoms with Crippen LogP contribution in [-0.2, 0) is 5.54 Å². The predicted molar refractivity (Wildman–Crippen MR) is 87.8 cm³/mol. The van der Waals surface area contributed by atoms with E-state index in [1.54, 1.807) is 7.11 Å². The van der Waals surface area contributed by atoms with Crippen molar-refractivity contribution in [1.29, 1.82) is 0 Å². The van der Waals surface area contributed by atoms with Crippen molar-refractivity contribution < 1.29 is 9.84 Å². The lowest BCUT2D eigenvalue weighted by atomic mass is 9.91. The van der Waals surface area contributed by atoms with Crippen molar-refractivity contribution in [1.82, 2.24) is 9.80 Å². The Morgan fingerprint density at radius 1 is 1.24 bits per heavy atom. The molecule has 0 aliphatic heterocycles. The molecule has 1 N–H and O–H groups in total. The van der Waals surface area contributed by atoms with Gasteiger partial charge in [-0.05, 0) is 40.6 Å². The Hall–Kier alpha value is -1.10. The fourth-order valence-corrected chi connectivity index (χ4v) is 2.49. The minimum atomic E-state index is -0.172. The molecular weight excluding hydrogens is 264 g/mol. The Kier molecular flexibility index (Phi) is 6.65. The number of aliphatic hydroxyl groups is 1. The number of hydrogen-bond donors (Lipinski definition) is 1. The number of aliphatic hydroxyl groups excluding tert-OH is 1. The third-order valence-corrected chi connectivity index (χ3v) is 4.54. The smallest absolute Gasteiger partial charge is 0.123 e. The predicted octanol–water partition coefficient (Wildman–Crippen LogP) is 2.17. The molecule has 0 aliphatic carbocycles. The lowest BCUT2D eigenvalue weighted by Gasteiger charge is -2.40. The first kappa shape index (κ1) is 18.0. The van der Waals surface area contributed by atoms with Crippen LogP contribution in [-0.4, -0.2) is 61.8 Å². The Bertz CT molecular complexity index is 435. The average molecular weight is 294 g/mol. The van der Waals surface area contributed by atoms with E-state index in [-0.39, 0.29) is 18.2 Å². The van der Waals surface area contributed by atoms with Crippen molar-refractivity contribution in [3.05, 3.63) is 29.8 Å². The van der Waals surface area contributed by atoms with Crippen LogP contribution in [0.1, 0.15) is 26.3 Å². The molecule has 0 spiro atoms. The van der Waals surface area contributed by atoms with Crippen LogP contribution in [0.3, 0.4) is 0 Å². The summed E-state index contributed by atoms with van der Waals surface area (Å²) in [6.45, 7) is 8.36. The van der Waals surface area contributed by atoms with Gasteiger partial charge in [-0.15, -0.1) is 0 Å². The third kappa shape index (κ3) is 4.19. The van der Waals surface area contributed by atoms with E-state index in [4.69, 9.17) is 4.74 Å². The zero-order valence-corrected chi connectivity index (χ0v) is 14.3. The minimum absolute atomic E-state index is 0.133. The number of para-hydroxylation sites is 1. The molecule has 1 aromatic rings.